The van der Waals surface area contributed by atoms with E-state index in [1.165, 1.54) is 30.2 Å². The SMILES string of the molecule is CC[C@H]1OC(=O)[C@@](C)(F)C(=O)[C@H](C)[C@@H](OC2O[C@H](C)C[C@H](N(C)C)[C@H]2O)C[C@@](C)(OCC#Cc2ccc(-c3nnn(C)n3)s2)[C@@H](C)/C(=N\OC)[C@H](C)C2NC(=O)O[C@@]21C. The molecule has 19 heteroatoms. The van der Waals surface area contributed by atoms with Crippen LogP contribution in [0.15, 0.2) is 17.3 Å². The van der Waals surface area contributed by atoms with E-state index in [9.17, 15) is 19.5 Å². The van der Waals surface area contributed by atoms with Gasteiger partial charge in [0, 0.05) is 30.2 Å². The minimum Gasteiger partial charge on any atom is -0.455 e. The van der Waals surface area contributed by atoms with Gasteiger partial charge in [0.25, 0.3) is 5.67 Å². The second-order valence-electron chi connectivity index (χ2n) is 16.5. The molecular formula is C40H58FN7O10S. The number of esters is 1. The van der Waals surface area contributed by atoms with Crippen LogP contribution in [0.4, 0.5) is 9.18 Å². The van der Waals surface area contributed by atoms with E-state index in [4.69, 9.17) is 28.5 Å². The summed E-state index contributed by atoms with van der Waals surface area (Å²) in [5.41, 5.74) is -5.56. The third-order valence-electron chi connectivity index (χ3n) is 12.0. The maximum atomic E-state index is 16.8. The van der Waals surface area contributed by atoms with Crippen LogP contribution in [0.25, 0.3) is 10.7 Å². The zero-order chi connectivity index (χ0) is 43.6. The number of likely N-dealkylation sites (N-methyl/N-ethyl adjacent to an activating group) is 1. The van der Waals surface area contributed by atoms with Gasteiger partial charge in [-0.2, -0.15) is 4.80 Å². The van der Waals surface area contributed by atoms with Gasteiger partial charge in [0.1, 0.15) is 25.9 Å². The zero-order valence-corrected chi connectivity index (χ0v) is 36.7. The Labute approximate surface area is 348 Å². The van der Waals surface area contributed by atoms with Gasteiger partial charge in [-0.25, -0.2) is 14.0 Å². The lowest BCUT2D eigenvalue weighted by molar-refractivity contribution is -0.277. The van der Waals surface area contributed by atoms with Crippen molar-refractivity contribution in [2.24, 2.45) is 30.0 Å². The number of halogens is 1. The van der Waals surface area contributed by atoms with E-state index in [0.717, 1.165) is 16.7 Å². The fraction of sp³-hybridized carbons (Fsp3) is 0.725. The van der Waals surface area contributed by atoms with Crippen molar-refractivity contribution < 1.29 is 52.4 Å². The van der Waals surface area contributed by atoms with Crippen molar-refractivity contribution in [3.8, 4) is 22.5 Å². The van der Waals surface area contributed by atoms with E-state index < -0.39 is 83.1 Å². The molecule has 5 rings (SSSR count). The average Bonchev–Trinajstić information content (AvgIpc) is 3.92. The van der Waals surface area contributed by atoms with Crippen molar-refractivity contribution >= 4 is 34.9 Å². The summed E-state index contributed by atoms with van der Waals surface area (Å²) in [5.74, 6) is 1.49. The Morgan fingerprint density at radius 3 is 2.49 bits per heavy atom. The summed E-state index contributed by atoms with van der Waals surface area (Å²) in [4.78, 5) is 51.2. The Bertz CT molecular complexity index is 1930. The second kappa shape index (κ2) is 18.3. The highest BCUT2D eigenvalue weighted by molar-refractivity contribution is 7.15. The first kappa shape index (κ1) is 46.0. The molecule has 3 saturated heterocycles. The van der Waals surface area contributed by atoms with Gasteiger partial charge < -0.3 is 43.8 Å². The van der Waals surface area contributed by atoms with Crippen LogP contribution in [0.5, 0.6) is 0 Å². The number of aliphatic hydroxyl groups is 1. The Kier molecular flexibility index (Phi) is 14.3. The molecule has 0 radical (unpaired) electrons. The summed E-state index contributed by atoms with van der Waals surface area (Å²) in [6.45, 7) is 12.8. The van der Waals surface area contributed by atoms with Crippen molar-refractivity contribution in [2.75, 3.05) is 27.8 Å². The lowest BCUT2D eigenvalue weighted by atomic mass is 9.71. The average molecular weight is 848 g/mol. The monoisotopic (exact) mass is 847 g/mol. The standard InChI is InChI=1S/C40H58FN7O10S/c1-13-29-40(8)32(42-37(52)58-40)23(4)30(45-53-12)24(5)38(6,54-18-14-15-25-16-17-28(59-25)34-43-46-48(11)44-34)20-27(22(3)33(50)39(7,41)36(51)57-29)56-35-31(49)26(47(9)10)19-21(2)55-35/h16-17,21-24,26-27,29,31-32,35,49H,13,18-20H2,1-12H3,(H,42,52)/b45-30-/t21-,22-,23+,24+,26+,27+,29-,31-,32?,35?,38-,39+,40-/m1/s1. The Hall–Kier alpha value is -4.06. The van der Waals surface area contributed by atoms with Crippen molar-refractivity contribution in [3.05, 3.63) is 17.0 Å². The second-order valence-corrected chi connectivity index (χ2v) is 17.6. The number of tetrazole rings is 1. The molecule has 2 aromatic rings. The molecule has 0 saturated carbocycles. The minimum atomic E-state index is -3.16. The quantitative estimate of drug-likeness (QED) is 0.169. The third-order valence-corrected chi connectivity index (χ3v) is 13.0. The number of aryl methyl sites for hydroxylation is 1. The number of ether oxygens (including phenoxy) is 5. The number of carbonyl (C=O) groups excluding carboxylic acids is 3. The number of rotatable bonds is 8. The molecule has 59 heavy (non-hydrogen) atoms. The number of aromatic nitrogens is 4. The molecule has 2 aromatic heterocycles. The first-order chi connectivity index (χ1) is 27.7. The van der Waals surface area contributed by atoms with Crippen molar-refractivity contribution in [1.29, 1.82) is 0 Å². The van der Waals surface area contributed by atoms with Crippen LogP contribution < -0.4 is 5.32 Å². The van der Waals surface area contributed by atoms with Crippen LogP contribution in [-0.2, 0) is 45.2 Å². The molecule has 0 spiro atoms. The van der Waals surface area contributed by atoms with E-state index in [1.807, 2.05) is 51.9 Å². The van der Waals surface area contributed by atoms with Gasteiger partial charge in [-0.3, -0.25) is 4.79 Å². The maximum Gasteiger partial charge on any atom is 0.408 e. The molecule has 0 bridgehead atoms. The van der Waals surface area contributed by atoms with Crippen molar-refractivity contribution in [1.82, 2.24) is 30.4 Å². The molecular weight excluding hydrogens is 790 g/mol. The summed E-state index contributed by atoms with van der Waals surface area (Å²) in [7, 11) is 6.74. The van der Waals surface area contributed by atoms with Gasteiger partial charge >= 0.3 is 12.1 Å². The molecule has 2 N–H and O–H groups in total. The largest absolute Gasteiger partial charge is 0.455 e. The van der Waals surface area contributed by atoms with Crippen molar-refractivity contribution in [2.45, 2.75) is 134 Å². The molecule has 0 aromatic carbocycles. The molecule has 3 fully saturated rings. The predicted octanol–water partition coefficient (Wildman–Crippen LogP) is 3.68. The van der Waals surface area contributed by atoms with Gasteiger partial charge in [0.05, 0.1) is 46.4 Å². The van der Waals surface area contributed by atoms with Crippen LogP contribution in [0.1, 0.15) is 79.5 Å². The molecule has 3 aliphatic rings. The molecule has 326 valence electrons. The van der Waals surface area contributed by atoms with E-state index >= 15 is 4.39 Å². The smallest absolute Gasteiger partial charge is 0.408 e. The van der Waals surface area contributed by atoms with E-state index in [1.54, 1.807) is 27.8 Å². The zero-order valence-electron chi connectivity index (χ0n) is 35.8. The van der Waals surface area contributed by atoms with Crippen LogP contribution >= 0.6 is 11.3 Å². The fourth-order valence-corrected chi connectivity index (χ4v) is 9.11. The normalized spacial score (nSPS) is 37.8. The molecule has 13 atom stereocenters. The van der Waals surface area contributed by atoms with Crippen LogP contribution in [-0.4, -0.2) is 141 Å². The highest BCUT2D eigenvalue weighted by Gasteiger charge is 2.59. The summed E-state index contributed by atoms with van der Waals surface area (Å²) in [5, 5.41) is 31.1. The molecule has 17 nitrogen and oxygen atoms in total. The molecule has 1 amide bonds. The van der Waals surface area contributed by atoms with Gasteiger partial charge in [-0.15, -0.1) is 21.5 Å². The number of oxime groups is 1. The van der Waals surface area contributed by atoms with E-state index in [0.29, 0.717) is 18.0 Å². The number of nitrogens with one attached hydrogen (secondary N) is 1. The lowest BCUT2D eigenvalue weighted by Crippen LogP contribution is -2.60. The maximum absolute atomic E-state index is 16.8. The van der Waals surface area contributed by atoms with Crippen LogP contribution in [0, 0.1) is 29.6 Å². The number of hydrogen-bond acceptors (Lipinski definition) is 16. The van der Waals surface area contributed by atoms with Crippen LogP contribution in [0.2, 0.25) is 0 Å². The number of alkyl carbamates (subject to hydrolysis) is 1. The summed E-state index contributed by atoms with van der Waals surface area (Å²) in [6.07, 6.45) is -5.37. The summed E-state index contributed by atoms with van der Waals surface area (Å²) in [6, 6.07) is 2.46. The number of cyclic esters (lactones) is 1. The number of ketones is 1. The van der Waals surface area contributed by atoms with Gasteiger partial charge in [-0.1, -0.05) is 44.7 Å². The Morgan fingerprint density at radius 1 is 1.15 bits per heavy atom. The lowest BCUT2D eigenvalue weighted by Gasteiger charge is -2.46. The van der Waals surface area contributed by atoms with E-state index in [2.05, 4.69) is 37.7 Å². The van der Waals surface area contributed by atoms with Crippen LogP contribution in [0.3, 0.4) is 0 Å². The number of Topliss-reactive ketones (excluding diaryl/α,β-unsaturated/α-hetero) is 1. The number of nitrogens with zero attached hydrogens (tertiary/aromatic N) is 6. The number of amides is 1. The number of alkyl halides is 1. The number of thiophene rings is 1. The number of aliphatic hydroxyl groups excluding tert-OH is 1. The number of carbonyl (C=O) groups is 3. The highest BCUT2D eigenvalue weighted by atomic mass is 32.1. The first-order valence-electron chi connectivity index (χ1n) is 19.8. The van der Waals surface area contributed by atoms with E-state index in [-0.39, 0.29) is 31.6 Å². The Balaban J connectivity index is 1.60. The highest BCUT2D eigenvalue weighted by Crippen LogP contribution is 2.41. The Morgan fingerprint density at radius 2 is 1.86 bits per heavy atom. The summed E-state index contributed by atoms with van der Waals surface area (Å²) >= 11 is 1.38. The topological polar surface area (TPSA) is 198 Å². The number of hydrogen-bond donors (Lipinski definition) is 2. The van der Waals surface area contributed by atoms with Crippen molar-refractivity contribution in [3.63, 3.8) is 0 Å². The first-order valence-corrected chi connectivity index (χ1v) is 20.7. The third kappa shape index (κ3) is 9.63. The summed E-state index contributed by atoms with van der Waals surface area (Å²) < 4.78 is 47.8. The fourth-order valence-electron chi connectivity index (χ4n) is 8.30. The molecule has 2 unspecified atom stereocenters. The minimum absolute atomic E-state index is 0.110. The molecule has 3 aliphatic heterocycles. The predicted molar refractivity (Wildman–Crippen MR) is 214 cm³/mol. The van der Waals surface area contributed by atoms with Gasteiger partial charge in [0.2, 0.25) is 5.82 Å². The molecule has 5 heterocycles. The van der Waals surface area contributed by atoms with Gasteiger partial charge in [-0.05, 0) is 72.0 Å². The molecule has 0 aliphatic carbocycles. The number of fused-ring (bicyclic) bond motifs is 1. The van der Waals surface area contributed by atoms with Gasteiger partial charge in [0.15, 0.2) is 17.7 Å².